The molecule has 4 rings (SSSR count). The predicted octanol–water partition coefficient (Wildman–Crippen LogP) is 5.43. The number of benzene rings is 2. The summed E-state index contributed by atoms with van der Waals surface area (Å²) in [6, 6.07) is 15.6. The van der Waals surface area contributed by atoms with Crippen molar-refractivity contribution in [2.24, 2.45) is 11.8 Å². The van der Waals surface area contributed by atoms with Gasteiger partial charge in [0.25, 0.3) is 5.91 Å². The Bertz CT molecular complexity index is 869. The Labute approximate surface area is 173 Å². The maximum absolute atomic E-state index is 13.2. The smallest absolute Gasteiger partial charge is 0.258 e. The summed E-state index contributed by atoms with van der Waals surface area (Å²) < 4.78 is 0. The van der Waals surface area contributed by atoms with Gasteiger partial charge in [0, 0.05) is 29.4 Å². The Morgan fingerprint density at radius 1 is 0.931 bits per heavy atom. The Morgan fingerprint density at radius 3 is 2.41 bits per heavy atom. The third-order valence-corrected chi connectivity index (χ3v) is 6.32. The quantitative estimate of drug-likeness (QED) is 0.759. The maximum Gasteiger partial charge on any atom is 0.258 e. The molecule has 1 aliphatic heterocycles. The molecule has 2 aromatic rings. The Kier molecular flexibility index (Phi) is 5.98. The van der Waals surface area contributed by atoms with Gasteiger partial charge in [-0.15, -0.1) is 0 Å². The molecule has 4 nitrogen and oxygen atoms in total. The van der Waals surface area contributed by atoms with Crippen molar-refractivity contribution in [1.29, 1.82) is 0 Å². The first kappa shape index (κ1) is 19.7. The lowest BCUT2D eigenvalue weighted by molar-refractivity contribution is -0.120. The first-order valence-electron chi connectivity index (χ1n) is 10.9. The van der Waals surface area contributed by atoms with Crippen molar-refractivity contribution in [2.75, 3.05) is 16.8 Å². The second-order valence-corrected chi connectivity index (χ2v) is 8.59. The van der Waals surface area contributed by atoms with Gasteiger partial charge in [-0.1, -0.05) is 44.4 Å². The van der Waals surface area contributed by atoms with E-state index in [9.17, 15) is 9.59 Å². The number of carbonyl (C=O) groups is 2. The van der Waals surface area contributed by atoms with E-state index in [1.165, 1.54) is 12.0 Å². The summed E-state index contributed by atoms with van der Waals surface area (Å²) in [5.74, 6) is 0.822. The van der Waals surface area contributed by atoms with E-state index in [0.29, 0.717) is 11.5 Å². The minimum absolute atomic E-state index is 0.0247. The van der Waals surface area contributed by atoms with Gasteiger partial charge in [-0.25, -0.2) is 0 Å². The van der Waals surface area contributed by atoms with E-state index in [2.05, 4.69) is 18.3 Å². The fourth-order valence-electron chi connectivity index (χ4n) is 4.57. The molecule has 2 aromatic carbocycles. The monoisotopic (exact) mass is 390 g/mol. The number of para-hydroxylation sites is 1. The maximum atomic E-state index is 13.2. The third-order valence-electron chi connectivity index (χ3n) is 6.32. The SMILES string of the molecule is CC1CCN(C(=O)c2ccc(NC(=O)C3CCCCC3)cc2)c2ccccc2C1. The first-order chi connectivity index (χ1) is 14.1. The molecule has 1 N–H and O–H groups in total. The van der Waals surface area contributed by atoms with E-state index in [1.807, 2.05) is 47.4 Å². The molecular weight excluding hydrogens is 360 g/mol. The zero-order valence-corrected chi connectivity index (χ0v) is 17.2. The molecule has 0 spiro atoms. The Balaban J connectivity index is 1.47. The topological polar surface area (TPSA) is 49.4 Å². The van der Waals surface area contributed by atoms with Crippen molar-refractivity contribution >= 4 is 23.2 Å². The second-order valence-electron chi connectivity index (χ2n) is 8.59. The molecule has 1 aliphatic carbocycles. The summed E-state index contributed by atoms with van der Waals surface area (Å²) in [5.41, 5.74) is 3.69. The van der Waals surface area contributed by atoms with Crippen LogP contribution in [0.25, 0.3) is 0 Å². The average molecular weight is 391 g/mol. The second kappa shape index (κ2) is 8.81. The molecule has 0 saturated heterocycles. The molecule has 2 aliphatic rings. The van der Waals surface area contributed by atoms with Crippen LogP contribution in [0.4, 0.5) is 11.4 Å². The van der Waals surface area contributed by atoms with Crippen molar-refractivity contribution in [2.45, 2.75) is 51.9 Å². The summed E-state index contributed by atoms with van der Waals surface area (Å²) in [4.78, 5) is 27.6. The fraction of sp³-hybridized carbons (Fsp3) is 0.440. The highest BCUT2D eigenvalue weighted by Gasteiger charge is 2.25. The molecular formula is C25H30N2O2. The van der Waals surface area contributed by atoms with Crippen LogP contribution in [0.15, 0.2) is 48.5 Å². The summed E-state index contributed by atoms with van der Waals surface area (Å²) in [6.45, 7) is 2.98. The van der Waals surface area contributed by atoms with E-state index >= 15 is 0 Å². The van der Waals surface area contributed by atoms with Gasteiger partial charge in [-0.05, 0) is 67.5 Å². The zero-order chi connectivity index (χ0) is 20.2. The highest BCUT2D eigenvalue weighted by Crippen LogP contribution is 2.30. The van der Waals surface area contributed by atoms with E-state index in [-0.39, 0.29) is 17.7 Å². The molecule has 0 aromatic heterocycles. The molecule has 29 heavy (non-hydrogen) atoms. The van der Waals surface area contributed by atoms with E-state index in [4.69, 9.17) is 0 Å². The number of anilines is 2. The number of amides is 2. The molecule has 1 unspecified atom stereocenters. The van der Waals surface area contributed by atoms with Gasteiger partial charge in [-0.2, -0.15) is 0 Å². The van der Waals surface area contributed by atoms with Gasteiger partial charge in [0.05, 0.1) is 0 Å². The van der Waals surface area contributed by atoms with Crippen LogP contribution in [0.3, 0.4) is 0 Å². The number of hydrogen-bond donors (Lipinski definition) is 1. The summed E-state index contributed by atoms with van der Waals surface area (Å²) in [6.07, 6.45) is 7.48. The van der Waals surface area contributed by atoms with Gasteiger partial charge in [0.2, 0.25) is 5.91 Å². The normalized spacial score (nSPS) is 19.9. The molecule has 2 amide bonds. The number of fused-ring (bicyclic) bond motifs is 1. The standard InChI is InChI=1S/C25H30N2O2/c1-18-15-16-27(23-10-6-5-9-21(23)17-18)25(29)20-11-13-22(14-12-20)26-24(28)19-7-3-2-4-8-19/h5-6,9-14,18-19H,2-4,7-8,15-17H2,1H3,(H,26,28). The first-order valence-corrected chi connectivity index (χ1v) is 10.9. The Morgan fingerprint density at radius 2 is 1.66 bits per heavy atom. The summed E-state index contributed by atoms with van der Waals surface area (Å²) in [5, 5.41) is 3.02. The Hall–Kier alpha value is -2.62. The molecule has 4 heteroatoms. The molecule has 1 saturated carbocycles. The summed E-state index contributed by atoms with van der Waals surface area (Å²) >= 11 is 0. The molecule has 152 valence electrons. The van der Waals surface area contributed by atoms with Gasteiger partial charge < -0.3 is 10.2 Å². The highest BCUT2D eigenvalue weighted by atomic mass is 16.2. The molecule has 1 heterocycles. The van der Waals surface area contributed by atoms with Crippen LogP contribution in [0.2, 0.25) is 0 Å². The lowest BCUT2D eigenvalue weighted by Gasteiger charge is -2.23. The number of nitrogens with zero attached hydrogens (tertiary/aromatic N) is 1. The third kappa shape index (κ3) is 4.52. The number of hydrogen-bond acceptors (Lipinski definition) is 2. The molecule has 1 atom stereocenters. The van der Waals surface area contributed by atoms with Crippen LogP contribution in [0.1, 0.15) is 61.4 Å². The minimum Gasteiger partial charge on any atom is -0.326 e. The van der Waals surface area contributed by atoms with Crippen LogP contribution in [-0.4, -0.2) is 18.4 Å². The van der Waals surface area contributed by atoms with Crippen molar-refractivity contribution in [3.63, 3.8) is 0 Å². The van der Waals surface area contributed by atoms with Crippen LogP contribution >= 0.6 is 0 Å². The largest absolute Gasteiger partial charge is 0.326 e. The van der Waals surface area contributed by atoms with Gasteiger partial charge >= 0.3 is 0 Å². The lowest BCUT2D eigenvalue weighted by atomic mass is 9.88. The number of carbonyl (C=O) groups excluding carboxylic acids is 2. The molecule has 0 bridgehead atoms. The van der Waals surface area contributed by atoms with Gasteiger partial charge in [-0.3, -0.25) is 9.59 Å². The average Bonchev–Trinajstić information content (AvgIpc) is 2.92. The zero-order valence-electron chi connectivity index (χ0n) is 17.2. The summed E-state index contributed by atoms with van der Waals surface area (Å²) in [7, 11) is 0. The van der Waals surface area contributed by atoms with Gasteiger partial charge in [0.1, 0.15) is 0 Å². The number of nitrogens with one attached hydrogen (secondary N) is 1. The number of rotatable bonds is 3. The lowest BCUT2D eigenvalue weighted by Crippen LogP contribution is -2.32. The van der Waals surface area contributed by atoms with Gasteiger partial charge in [0.15, 0.2) is 0 Å². The highest BCUT2D eigenvalue weighted by molar-refractivity contribution is 6.07. The van der Waals surface area contributed by atoms with E-state index < -0.39 is 0 Å². The van der Waals surface area contributed by atoms with Crippen molar-refractivity contribution in [3.05, 3.63) is 59.7 Å². The van der Waals surface area contributed by atoms with Crippen molar-refractivity contribution in [3.8, 4) is 0 Å². The van der Waals surface area contributed by atoms with Crippen molar-refractivity contribution < 1.29 is 9.59 Å². The van der Waals surface area contributed by atoms with Crippen LogP contribution in [0.5, 0.6) is 0 Å². The fourth-order valence-corrected chi connectivity index (χ4v) is 4.57. The van der Waals surface area contributed by atoms with Crippen LogP contribution < -0.4 is 10.2 Å². The van der Waals surface area contributed by atoms with Crippen LogP contribution in [-0.2, 0) is 11.2 Å². The minimum atomic E-state index is 0.0247. The van der Waals surface area contributed by atoms with Crippen LogP contribution in [0, 0.1) is 11.8 Å². The van der Waals surface area contributed by atoms with Crippen molar-refractivity contribution in [1.82, 2.24) is 0 Å². The predicted molar refractivity (Wildman–Crippen MR) is 117 cm³/mol. The molecule has 1 fully saturated rings. The van der Waals surface area contributed by atoms with E-state index in [0.717, 1.165) is 56.4 Å². The molecule has 0 radical (unpaired) electrons. The van der Waals surface area contributed by atoms with E-state index in [1.54, 1.807) is 0 Å².